The molecule has 0 fully saturated rings. The van der Waals surface area contributed by atoms with Gasteiger partial charge in [0.1, 0.15) is 23.1 Å². The molecular formula is C27H21N5O3. The summed E-state index contributed by atoms with van der Waals surface area (Å²) in [5, 5.41) is 11.2. The summed E-state index contributed by atoms with van der Waals surface area (Å²) in [4.78, 5) is 17.1. The predicted molar refractivity (Wildman–Crippen MR) is 131 cm³/mol. The second-order valence-corrected chi connectivity index (χ2v) is 7.57. The van der Waals surface area contributed by atoms with E-state index in [9.17, 15) is 4.79 Å². The molecule has 2 aromatic heterocycles. The molecule has 0 aliphatic carbocycles. The molecule has 8 nitrogen and oxygen atoms in total. The number of nitrogens with one attached hydrogen (secondary N) is 1. The van der Waals surface area contributed by atoms with Crippen molar-refractivity contribution in [3.05, 3.63) is 115 Å². The number of nitrogens with zero attached hydrogens (tertiary/aromatic N) is 4. The molecule has 0 aliphatic rings. The molecular weight excluding hydrogens is 442 g/mol. The van der Waals surface area contributed by atoms with Crippen molar-refractivity contribution in [3.8, 4) is 28.9 Å². The summed E-state index contributed by atoms with van der Waals surface area (Å²) in [6, 6.07) is 27.0. The molecule has 5 aromatic rings. The summed E-state index contributed by atoms with van der Waals surface area (Å²) in [6.45, 7) is 1.89. The van der Waals surface area contributed by atoms with Gasteiger partial charge in [0.05, 0.1) is 5.56 Å². The number of ether oxygens (including phenoxy) is 2. The van der Waals surface area contributed by atoms with Gasteiger partial charge in [-0.05, 0) is 61.5 Å². The van der Waals surface area contributed by atoms with Crippen LogP contribution in [0.3, 0.4) is 0 Å². The van der Waals surface area contributed by atoms with Gasteiger partial charge < -0.3 is 14.8 Å². The van der Waals surface area contributed by atoms with E-state index in [-0.39, 0.29) is 5.91 Å². The number of rotatable bonds is 7. The van der Waals surface area contributed by atoms with Crippen LogP contribution in [0.25, 0.3) is 5.82 Å². The lowest BCUT2D eigenvalue weighted by Gasteiger charge is -2.12. The lowest BCUT2D eigenvalue weighted by molar-refractivity contribution is 0.102. The second-order valence-electron chi connectivity index (χ2n) is 7.57. The number of hydrogen-bond donors (Lipinski definition) is 1. The minimum atomic E-state index is -0.276. The zero-order chi connectivity index (χ0) is 24.0. The van der Waals surface area contributed by atoms with Gasteiger partial charge in [0.2, 0.25) is 5.88 Å². The standard InChI is InChI=1S/C27H21N5O3/c1-19-28-17-18-32(19)25-15-16-26(31-30-25)35-22-13-11-20(12-14-22)29-27(33)23-9-5-6-10-24(23)34-21-7-3-2-4-8-21/h2-18H,1H3,(H,29,33). The van der Waals surface area contributed by atoms with Crippen molar-refractivity contribution in [3.63, 3.8) is 0 Å². The molecule has 1 amide bonds. The third-order valence-corrected chi connectivity index (χ3v) is 5.14. The van der Waals surface area contributed by atoms with Crippen LogP contribution in [0.1, 0.15) is 16.2 Å². The van der Waals surface area contributed by atoms with Crippen LogP contribution in [-0.2, 0) is 0 Å². The van der Waals surface area contributed by atoms with Crippen molar-refractivity contribution in [2.24, 2.45) is 0 Å². The Balaban J connectivity index is 1.24. The van der Waals surface area contributed by atoms with Crippen molar-refractivity contribution in [2.45, 2.75) is 6.92 Å². The number of imidazole rings is 1. The Morgan fingerprint density at radius 3 is 2.26 bits per heavy atom. The number of aryl methyl sites for hydroxylation is 1. The minimum absolute atomic E-state index is 0.276. The molecule has 0 radical (unpaired) electrons. The molecule has 5 rings (SSSR count). The number of hydrogen-bond acceptors (Lipinski definition) is 6. The number of anilines is 1. The van der Waals surface area contributed by atoms with Gasteiger partial charge in [0, 0.05) is 24.1 Å². The van der Waals surface area contributed by atoms with Gasteiger partial charge in [-0.1, -0.05) is 30.3 Å². The SMILES string of the molecule is Cc1nccn1-c1ccc(Oc2ccc(NC(=O)c3ccccc3Oc3ccccc3)cc2)nn1. The van der Waals surface area contributed by atoms with E-state index in [2.05, 4.69) is 20.5 Å². The largest absolute Gasteiger partial charge is 0.457 e. The van der Waals surface area contributed by atoms with Gasteiger partial charge in [-0.3, -0.25) is 9.36 Å². The number of carbonyl (C=O) groups is 1. The highest BCUT2D eigenvalue weighted by Gasteiger charge is 2.13. The first-order chi connectivity index (χ1) is 17.2. The third-order valence-electron chi connectivity index (χ3n) is 5.14. The quantitative estimate of drug-likeness (QED) is 0.328. The van der Waals surface area contributed by atoms with E-state index in [4.69, 9.17) is 9.47 Å². The average molecular weight is 463 g/mol. The lowest BCUT2D eigenvalue weighted by atomic mass is 10.1. The summed E-state index contributed by atoms with van der Waals surface area (Å²) in [5.74, 6) is 3.25. The first-order valence-electron chi connectivity index (χ1n) is 10.9. The summed E-state index contributed by atoms with van der Waals surface area (Å²) >= 11 is 0. The summed E-state index contributed by atoms with van der Waals surface area (Å²) in [6.07, 6.45) is 3.52. The van der Waals surface area contributed by atoms with Gasteiger partial charge in [0.25, 0.3) is 5.91 Å². The van der Waals surface area contributed by atoms with Crippen LogP contribution in [0.5, 0.6) is 23.1 Å². The number of amides is 1. The van der Waals surface area contributed by atoms with Crippen molar-refractivity contribution in [1.29, 1.82) is 0 Å². The zero-order valence-electron chi connectivity index (χ0n) is 18.8. The molecule has 0 spiro atoms. The van der Waals surface area contributed by atoms with Crippen molar-refractivity contribution in [2.75, 3.05) is 5.32 Å². The molecule has 35 heavy (non-hydrogen) atoms. The Bertz CT molecular complexity index is 1430. The molecule has 3 aromatic carbocycles. The molecule has 0 unspecified atom stereocenters. The van der Waals surface area contributed by atoms with E-state index in [1.165, 1.54) is 0 Å². The van der Waals surface area contributed by atoms with E-state index < -0.39 is 0 Å². The van der Waals surface area contributed by atoms with Crippen LogP contribution in [0.4, 0.5) is 5.69 Å². The maximum atomic E-state index is 12.9. The minimum Gasteiger partial charge on any atom is -0.457 e. The molecule has 0 bridgehead atoms. The van der Waals surface area contributed by atoms with Gasteiger partial charge in [-0.25, -0.2) is 4.98 Å². The summed E-state index contributed by atoms with van der Waals surface area (Å²) in [7, 11) is 0. The molecule has 1 N–H and O–H groups in total. The molecule has 0 aliphatic heterocycles. The van der Waals surface area contributed by atoms with Crippen LogP contribution < -0.4 is 14.8 Å². The van der Waals surface area contributed by atoms with Crippen LogP contribution >= 0.6 is 0 Å². The van der Waals surface area contributed by atoms with E-state index in [0.717, 1.165) is 5.82 Å². The Labute approximate surface area is 201 Å². The Hall–Kier alpha value is -4.98. The fraction of sp³-hybridized carbons (Fsp3) is 0.0370. The maximum absolute atomic E-state index is 12.9. The monoisotopic (exact) mass is 463 g/mol. The molecule has 0 saturated heterocycles. The first-order valence-corrected chi connectivity index (χ1v) is 10.9. The van der Waals surface area contributed by atoms with E-state index >= 15 is 0 Å². The predicted octanol–water partition coefficient (Wildman–Crippen LogP) is 5.81. The second kappa shape index (κ2) is 9.88. The van der Waals surface area contributed by atoms with Gasteiger partial charge in [-0.15, -0.1) is 10.2 Å². The maximum Gasteiger partial charge on any atom is 0.259 e. The number of para-hydroxylation sites is 2. The van der Waals surface area contributed by atoms with Gasteiger partial charge >= 0.3 is 0 Å². The van der Waals surface area contributed by atoms with Gasteiger partial charge in [-0.2, -0.15) is 0 Å². The Kier molecular flexibility index (Phi) is 6.17. The highest BCUT2D eigenvalue weighted by molar-refractivity contribution is 6.06. The van der Waals surface area contributed by atoms with Crippen LogP contribution in [-0.4, -0.2) is 25.7 Å². The van der Waals surface area contributed by atoms with E-state index in [1.807, 2.05) is 54.1 Å². The van der Waals surface area contributed by atoms with Gasteiger partial charge in [0.15, 0.2) is 5.82 Å². The average Bonchev–Trinajstić information content (AvgIpc) is 3.32. The van der Waals surface area contributed by atoms with E-state index in [1.54, 1.807) is 60.8 Å². The number of carbonyl (C=O) groups excluding carboxylic acids is 1. The third kappa shape index (κ3) is 5.17. The van der Waals surface area contributed by atoms with Crippen molar-refractivity contribution < 1.29 is 14.3 Å². The van der Waals surface area contributed by atoms with Crippen LogP contribution in [0.15, 0.2) is 103 Å². The number of aromatic nitrogens is 4. The number of benzene rings is 3. The van der Waals surface area contributed by atoms with Crippen LogP contribution in [0, 0.1) is 6.92 Å². The lowest BCUT2D eigenvalue weighted by Crippen LogP contribution is -2.12. The fourth-order valence-corrected chi connectivity index (χ4v) is 3.40. The molecule has 0 saturated carbocycles. The molecule has 172 valence electrons. The van der Waals surface area contributed by atoms with E-state index in [0.29, 0.717) is 40.2 Å². The highest BCUT2D eigenvalue weighted by atomic mass is 16.5. The smallest absolute Gasteiger partial charge is 0.259 e. The Morgan fingerprint density at radius 1 is 0.800 bits per heavy atom. The molecule has 2 heterocycles. The molecule has 8 heteroatoms. The molecule has 0 atom stereocenters. The van der Waals surface area contributed by atoms with Crippen molar-refractivity contribution in [1.82, 2.24) is 19.7 Å². The first kappa shape index (κ1) is 21.8. The summed E-state index contributed by atoms with van der Waals surface area (Å²) < 4.78 is 13.5. The highest BCUT2D eigenvalue weighted by Crippen LogP contribution is 2.27. The zero-order valence-corrected chi connectivity index (χ0v) is 18.8. The summed E-state index contributed by atoms with van der Waals surface area (Å²) in [5.41, 5.74) is 1.05. The fourth-order valence-electron chi connectivity index (χ4n) is 3.40. The van der Waals surface area contributed by atoms with Crippen molar-refractivity contribution >= 4 is 11.6 Å². The van der Waals surface area contributed by atoms with Crippen LogP contribution in [0.2, 0.25) is 0 Å². The normalized spacial score (nSPS) is 10.5. The topological polar surface area (TPSA) is 91.2 Å². The Morgan fingerprint density at radius 2 is 1.54 bits per heavy atom.